The summed E-state index contributed by atoms with van der Waals surface area (Å²) >= 11 is 0. The van der Waals surface area contributed by atoms with Gasteiger partial charge in [0.25, 0.3) is 0 Å². The summed E-state index contributed by atoms with van der Waals surface area (Å²) in [7, 11) is 0. The van der Waals surface area contributed by atoms with Crippen LogP contribution >= 0.6 is 0 Å². The van der Waals surface area contributed by atoms with Crippen LogP contribution in [-0.2, 0) is 18.3 Å². The van der Waals surface area contributed by atoms with Crippen molar-refractivity contribution in [1.29, 1.82) is 0 Å². The van der Waals surface area contributed by atoms with E-state index in [9.17, 15) is 0 Å². The third kappa shape index (κ3) is 4.03. The molecule has 0 nitrogen and oxygen atoms in total. The molecule has 0 aromatic heterocycles. The maximum atomic E-state index is 2.52. The highest BCUT2D eigenvalue weighted by atomic mass is 14.5. The summed E-state index contributed by atoms with van der Waals surface area (Å²) < 4.78 is 0. The van der Waals surface area contributed by atoms with Crippen LogP contribution in [0.25, 0.3) is 17.2 Å². The second-order valence-corrected chi connectivity index (χ2v) is 12.5. The van der Waals surface area contributed by atoms with Gasteiger partial charge in [-0.15, -0.1) is 0 Å². The number of aryl methyl sites for hydroxylation is 2. The maximum Gasteiger partial charge on any atom is 0.0415 e. The van der Waals surface area contributed by atoms with E-state index in [0.29, 0.717) is 5.92 Å². The Morgan fingerprint density at radius 2 is 1.14 bits per heavy atom. The fourth-order valence-electron chi connectivity index (χ4n) is 7.83. The van der Waals surface area contributed by atoms with E-state index in [4.69, 9.17) is 0 Å². The Kier molecular flexibility index (Phi) is 6.74. The van der Waals surface area contributed by atoms with Crippen LogP contribution in [-0.4, -0.2) is 0 Å². The average molecular weight is 545 g/mol. The lowest BCUT2D eigenvalue weighted by atomic mass is 9.55. The molecule has 0 amide bonds. The quantitative estimate of drug-likeness (QED) is 0.191. The molecule has 0 heteroatoms. The van der Waals surface area contributed by atoms with Crippen molar-refractivity contribution in [3.8, 4) is 11.1 Å². The first-order chi connectivity index (χ1) is 20.6. The third-order valence-corrected chi connectivity index (χ3v) is 9.99. The number of rotatable bonds is 7. The molecule has 0 radical (unpaired) electrons. The number of allylic oxidation sites excluding steroid dienone is 1. The van der Waals surface area contributed by atoms with Crippen molar-refractivity contribution in [3.63, 3.8) is 0 Å². The van der Waals surface area contributed by atoms with Crippen LogP contribution in [0.5, 0.6) is 0 Å². The van der Waals surface area contributed by atoms with Gasteiger partial charge in [-0.1, -0.05) is 155 Å². The van der Waals surface area contributed by atoms with Gasteiger partial charge < -0.3 is 0 Å². The van der Waals surface area contributed by atoms with Crippen molar-refractivity contribution in [2.24, 2.45) is 0 Å². The van der Waals surface area contributed by atoms with Crippen LogP contribution in [0.4, 0.5) is 0 Å². The monoisotopic (exact) mass is 544 g/mol. The van der Waals surface area contributed by atoms with Crippen molar-refractivity contribution < 1.29 is 0 Å². The molecule has 1 atom stereocenters. The minimum atomic E-state index is -0.349. The molecule has 208 valence electrons. The van der Waals surface area contributed by atoms with Gasteiger partial charge in [0.1, 0.15) is 0 Å². The lowest BCUT2D eigenvalue weighted by Crippen LogP contribution is -2.40. The summed E-state index contributed by atoms with van der Waals surface area (Å²) in [6.07, 6.45) is 6.96. The van der Waals surface area contributed by atoms with Gasteiger partial charge in [-0.25, -0.2) is 0 Å². The molecule has 0 saturated carbocycles. The second-order valence-electron chi connectivity index (χ2n) is 12.5. The normalized spacial score (nSPS) is 15.6. The molecule has 0 N–H and O–H groups in total. The Morgan fingerprint density at radius 1 is 0.595 bits per heavy atom. The minimum Gasteiger partial charge on any atom is -0.0751 e. The summed E-state index contributed by atoms with van der Waals surface area (Å²) in [5.41, 5.74) is 15.1. The van der Waals surface area contributed by atoms with E-state index in [1.165, 1.54) is 61.2 Å². The van der Waals surface area contributed by atoms with Crippen molar-refractivity contribution in [2.45, 2.75) is 63.7 Å². The molecule has 5 aromatic rings. The first kappa shape index (κ1) is 26.7. The van der Waals surface area contributed by atoms with E-state index < -0.39 is 0 Å². The zero-order valence-electron chi connectivity index (χ0n) is 25.3. The SMILES string of the molecule is CCc1ccc2c(c1)C(C(c1ccccc1)(c1ccccc1)C1C=Cc3ccc(C(C)C)cc31)c1cc(CC)ccc1-2. The summed E-state index contributed by atoms with van der Waals surface area (Å²) in [6.45, 7) is 9.17. The standard InChI is InChI=1S/C42H40/c1-5-29-17-22-35-36-23-18-30(6-2)26-39(36)41(38(35)25-29)42(33-13-9-7-10-14-33,34-15-11-8-12-16-34)40-24-21-31-19-20-32(28(3)4)27-37(31)40/h7-28,40-41H,5-6H2,1-4H3. The number of fused-ring (bicyclic) bond motifs is 4. The fraction of sp³-hybridized carbons (Fsp3) is 0.238. The Bertz CT molecular complexity index is 1680. The molecule has 0 aliphatic heterocycles. The van der Waals surface area contributed by atoms with Gasteiger partial charge in [0.05, 0.1) is 0 Å². The fourth-order valence-corrected chi connectivity index (χ4v) is 7.83. The Morgan fingerprint density at radius 3 is 1.64 bits per heavy atom. The topological polar surface area (TPSA) is 0 Å². The van der Waals surface area contributed by atoms with Gasteiger partial charge in [-0.2, -0.15) is 0 Å². The first-order valence-corrected chi connectivity index (χ1v) is 15.7. The lowest BCUT2D eigenvalue weighted by Gasteiger charge is -2.46. The maximum absolute atomic E-state index is 2.52. The molecule has 0 fully saturated rings. The van der Waals surface area contributed by atoms with Gasteiger partial charge >= 0.3 is 0 Å². The van der Waals surface area contributed by atoms with Crippen LogP contribution in [0.2, 0.25) is 0 Å². The van der Waals surface area contributed by atoms with Crippen molar-refractivity contribution >= 4 is 6.08 Å². The summed E-state index contributed by atoms with van der Waals surface area (Å²) in [5, 5.41) is 0. The average Bonchev–Trinajstić information content (AvgIpc) is 3.61. The Hall–Kier alpha value is -4.16. The van der Waals surface area contributed by atoms with Gasteiger partial charge in [-0.3, -0.25) is 0 Å². The van der Waals surface area contributed by atoms with Crippen LogP contribution in [0, 0.1) is 0 Å². The zero-order valence-corrected chi connectivity index (χ0v) is 25.3. The van der Waals surface area contributed by atoms with E-state index in [1.807, 2.05) is 0 Å². The zero-order chi connectivity index (χ0) is 28.8. The molecule has 0 spiro atoms. The summed E-state index contributed by atoms with van der Waals surface area (Å²) in [4.78, 5) is 0. The van der Waals surface area contributed by atoms with Crippen molar-refractivity contribution in [1.82, 2.24) is 0 Å². The molecule has 1 unspecified atom stereocenters. The molecular formula is C42H40. The third-order valence-electron chi connectivity index (χ3n) is 9.99. The second kappa shape index (κ2) is 10.6. The van der Waals surface area contributed by atoms with E-state index >= 15 is 0 Å². The lowest BCUT2D eigenvalue weighted by molar-refractivity contribution is 0.416. The molecule has 2 aliphatic carbocycles. The van der Waals surface area contributed by atoms with Crippen LogP contribution in [0.3, 0.4) is 0 Å². The van der Waals surface area contributed by atoms with Crippen LogP contribution in [0.1, 0.15) is 95.5 Å². The van der Waals surface area contributed by atoms with E-state index in [-0.39, 0.29) is 17.3 Å². The first-order valence-electron chi connectivity index (χ1n) is 15.7. The van der Waals surface area contributed by atoms with Gasteiger partial charge in [0.15, 0.2) is 0 Å². The molecule has 42 heavy (non-hydrogen) atoms. The van der Waals surface area contributed by atoms with E-state index in [0.717, 1.165) is 12.8 Å². The van der Waals surface area contributed by atoms with Gasteiger partial charge in [0, 0.05) is 17.3 Å². The molecule has 2 aliphatic rings. The number of hydrogen-bond acceptors (Lipinski definition) is 0. The highest BCUT2D eigenvalue weighted by Crippen LogP contribution is 2.63. The number of hydrogen-bond donors (Lipinski definition) is 0. The van der Waals surface area contributed by atoms with Crippen LogP contribution < -0.4 is 0 Å². The van der Waals surface area contributed by atoms with Gasteiger partial charge in [-0.05, 0) is 80.0 Å². The van der Waals surface area contributed by atoms with Crippen molar-refractivity contribution in [3.05, 3.63) is 171 Å². The van der Waals surface area contributed by atoms with Gasteiger partial charge in [0.2, 0.25) is 0 Å². The predicted octanol–water partition coefficient (Wildman–Crippen LogP) is 10.8. The van der Waals surface area contributed by atoms with E-state index in [2.05, 4.69) is 155 Å². The molecule has 7 rings (SSSR count). The van der Waals surface area contributed by atoms with Crippen molar-refractivity contribution in [2.75, 3.05) is 0 Å². The smallest absolute Gasteiger partial charge is 0.0415 e. The molecule has 0 heterocycles. The predicted molar refractivity (Wildman–Crippen MR) is 178 cm³/mol. The molecule has 0 bridgehead atoms. The largest absolute Gasteiger partial charge is 0.0751 e. The Balaban J connectivity index is 1.63. The highest BCUT2D eigenvalue weighted by Gasteiger charge is 2.53. The summed E-state index contributed by atoms with van der Waals surface area (Å²) in [5.74, 6) is 0.815. The number of benzene rings is 5. The van der Waals surface area contributed by atoms with E-state index in [1.54, 1.807) is 0 Å². The minimum absolute atomic E-state index is 0.161. The molecule has 0 saturated heterocycles. The highest BCUT2D eigenvalue weighted by molar-refractivity contribution is 5.82. The van der Waals surface area contributed by atoms with Crippen LogP contribution in [0.15, 0.2) is 121 Å². The Labute approximate surface area is 251 Å². The summed E-state index contributed by atoms with van der Waals surface area (Å²) in [6, 6.07) is 44.5. The molecular weight excluding hydrogens is 504 g/mol. The molecule has 5 aromatic carbocycles.